The van der Waals surface area contributed by atoms with Crippen LogP contribution in [0, 0.1) is 5.92 Å². The Kier molecular flexibility index (Phi) is 4.90. The Morgan fingerprint density at radius 2 is 2.03 bits per heavy atom. The maximum atomic E-state index is 13.1. The highest BCUT2D eigenvalue weighted by Gasteiger charge is 2.45. The molecule has 1 aliphatic carbocycles. The molecule has 1 aliphatic rings. The molecule has 9 nitrogen and oxygen atoms in total. The van der Waals surface area contributed by atoms with Crippen molar-refractivity contribution in [2.45, 2.75) is 18.8 Å². The van der Waals surface area contributed by atoms with E-state index in [1.807, 2.05) is 30.5 Å². The normalized spacial score (nSPS) is 15.3. The topological polar surface area (TPSA) is 113 Å². The van der Waals surface area contributed by atoms with Crippen LogP contribution in [0.1, 0.15) is 23.2 Å². The highest BCUT2D eigenvalue weighted by atomic mass is 19.3. The Morgan fingerprint density at radius 3 is 2.83 bits per heavy atom. The number of pyridine rings is 2. The van der Waals surface area contributed by atoms with Crippen LogP contribution < -0.4 is 10.6 Å². The third-order valence-corrected chi connectivity index (χ3v) is 6.17. The number of carbonyl (C=O) groups excluding carboxylic acids is 1. The molecular weight excluding hydrogens is 454 g/mol. The van der Waals surface area contributed by atoms with Gasteiger partial charge in [-0.15, -0.1) is 0 Å². The van der Waals surface area contributed by atoms with E-state index < -0.39 is 5.92 Å². The van der Waals surface area contributed by atoms with Crippen LogP contribution in [0.3, 0.4) is 0 Å². The van der Waals surface area contributed by atoms with E-state index in [2.05, 4.69) is 35.7 Å². The van der Waals surface area contributed by atoms with Gasteiger partial charge in [0, 0.05) is 67.0 Å². The summed E-state index contributed by atoms with van der Waals surface area (Å²) in [5.41, 5.74) is 4.23. The van der Waals surface area contributed by atoms with Gasteiger partial charge in [0.25, 0.3) is 5.91 Å². The van der Waals surface area contributed by atoms with Crippen LogP contribution in [0.15, 0.2) is 61.4 Å². The van der Waals surface area contributed by atoms with Crippen molar-refractivity contribution in [3.63, 3.8) is 0 Å². The molecule has 0 radical (unpaired) electrons. The zero-order chi connectivity index (χ0) is 24.0. The van der Waals surface area contributed by atoms with E-state index in [1.165, 1.54) is 6.20 Å². The highest BCUT2D eigenvalue weighted by Crippen LogP contribution is 2.41. The number of nitrogens with zero attached hydrogens (tertiary/aromatic N) is 5. The fraction of sp³-hybridized carbons (Fsp3) is 0.208. The average molecular weight is 474 g/mol. The number of amides is 1. The number of halogens is 2. The molecule has 0 aliphatic heterocycles. The van der Waals surface area contributed by atoms with Crippen molar-refractivity contribution in [1.82, 2.24) is 34.9 Å². The number of fused-ring (bicyclic) bond motifs is 2. The molecule has 1 saturated carbocycles. The van der Waals surface area contributed by atoms with Crippen molar-refractivity contribution >= 4 is 34.1 Å². The highest BCUT2D eigenvalue weighted by molar-refractivity contribution is 6.02. The molecule has 0 aromatic carbocycles. The van der Waals surface area contributed by atoms with Crippen molar-refractivity contribution in [2.24, 2.45) is 5.92 Å². The first-order chi connectivity index (χ1) is 16.9. The number of aromatic nitrogens is 6. The van der Waals surface area contributed by atoms with Gasteiger partial charge in [0.05, 0.1) is 17.3 Å². The van der Waals surface area contributed by atoms with Gasteiger partial charge >= 0.3 is 0 Å². The third kappa shape index (κ3) is 4.05. The maximum Gasteiger partial charge on any atom is 0.255 e. The molecule has 0 unspecified atom stereocenters. The van der Waals surface area contributed by atoms with Gasteiger partial charge in [0.1, 0.15) is 5.65 Å². The second-order valence-corrected chi connectivity index (χ2v) is 8.66. The first-order valence-corrected chi connectivity index (χ1v) is 11.1. The molecule has 0 spiro atoms. The maximum absolute atomic E-state index is 13.1. The molecule has 5 heterocycles. The van der Waals surface area contributed by atoms with Crippen LogP contribution in [0.25, 0.3) is 27.7 Å². The predicted molar refractivity (Wildman–Crippen MR) is 126 cm³/mol. The van der Waals surface area contributed by atoms with E-state index >= 15 is 0 Å². The summed E-state index contributed by atoms with van der Waals surface area (Å²) < 4.78 is 27.7. The predicted octanol–water partition coefficient (Wildman–Crippen LogP) is 4.19. The Bertz CT molecular complexity index is 1540. The lowest BCUT2D eigenvalue weighted by Gasteiger charge is -2.34. The molecule has 5 aromatic rings. The Balaban J connectivity index is 1.25. The zero-order valence-electron chi connectivity index (χ0n) is 18.4. The van der Waals surface area contributed by atoms with Crippen LogP contribution in [-0.2, 0) is 0 Å². The quantitative estimate of drug-likeness (QED) is 0.340. The fourth-order valence-electron chi connectivity index (χ4n) is 4.36. The minimum atomic E-state index is -2.60. The summed E-state index contributed by atoms with van der Waals surface area (Å²) in [5.74, 6) is -2.68. The summed E-state index contributed by atoms with van der Waals surface area (Å²) in [4.78, 5) is 28.9. The second-order valence-electron chi connectivity index (χ2n) is 8.66. The SMILES string of the molecule is O=C(NCC1CC(F)(F)C1)c1cnn2ccc(-c3c[nH]c4nc(Nc5ccncc5)ncc34)cc12. The number of hydrogen-bond acceptors (Lipinski definition) is 6. The van der Waals surface area contributed by atoms with Crippen LogP contribution in [0.5, 0.6) is 0 Å². The molecule has 11 heteroatoms. The van der Waals surface area contributed by atoms with E-state index in [9.17, 15) is 13.6 Å². The van der Waals surface area contributed by atoms with E-state index in [1.54, 1.807) is 29.3 Å². The summed E-state index contributed by atoms with van der Waals surface area (Å²) >= 11 is 0. The lowest BCUT2D eigenvalue weighted by molar-refractivity contribution is -0.108. The second kappa shape index (κ2) is 8.12. The lowest BCUT2D eigenvalue weighted by Crippen LogP contribution is -2.42. The van der Waals surface area contributed by atoms with Gasteiger partial charge in [-0.2, -0.15) is 10.1 Å². The van der Waals surface area contributed by atoms with Crippen molar-refractivity contribution in [3.05, 3.63) is 67.0 Å². The summed E-state index contributed by atoms with van der Waals surface area (Å²) in [7, 11) is 0. The summed E-state index contributed by atoms with van der Waals surface area (Å²) in [6, 6.07) is 7.41. The number of carbonyl (C=O) groups is 1. The van der Waals surface area contributed by atoms with Crippen molar-refractivity contribution in [2.75, 3.05) is 11.9 Å². The van der Waals surface area contributed by atoms with Crippen LogP contribution in [0.2, 0.25) is 0 Å². The first-order valence-electron chi connectivity index (χ1n) is 11.1. The molecule has 1 fully saturated rings. The minimum absolute atomic E-state index is 0.186. The Morgan fingerprint density at radius 1 is 1.20 bits per heavy atom. The number of nitrogens with one attached hydrogen (secondary N) is 3. The first kappa shape index (κ1) is 21.1. The van der Waals surface area contributed by atoms with Crippen molar-refractivity contribution < 1.29 is 13.6 Å². The van der Waals surface area contributed by atoms with E-state index in [-0.39, 0.29) is 31.2 Å². The largest absolute Gasteiger partial charge is 0.352 e. The molecule has 5 aromatic heterocycles. The monoisotopic (exact) mass is 474 g/mol. The zero-order valence-corrected chi connectivity index (χ0v) is 18.4. The third-order valence-electron chi connectivity index (χ3n) is 6.17. The van der Waals surface area contributed by atoms with Crippen LogP contribution in [-0.4, -0.2) is 47.9 Å². The molecule has 0 atom stereocenters. The van der Waals surface area contributed by atoms with Gasteiger partial charge in [0.15, 0.2) is 0 Å². The molecule has 3 N–H and O–H groups in total. The minimum Gasteiger partial charge on any atom is -0.352 e. The standard InChI is InChI=1S/C24H20F2N8O/c25-24(26)8-14(9-24)10-29-22(35)19-13-31-34-6-3-15(7-20(19)34)17-11-28-21-18(17)12-30-23(33-21)32-16-1-4-27-5-2-16/h1-7,11-14H,8-10H2,(H,29,35)(H2,27,28,30,32,33). The van der Waals surface area contributed by atoms with Gasteiger partial charge < -0.3 is 15.6 Å². The van der Waals surface area contributed by atoms with Gasteiger partial charge in [-0.1, -0.05) is 0 Å². The van der Waals surface area contributed by atoms with Crippen LogP contribution >= 0.6 is 0 Å². The fourth-order valence-corrected chi connectivity index (χ4v) is 4.36. The van der Waals surface area contributed by atoms with Crippen molar-refractivity contribution in [1.29, 1.82) is 0 Å². The molecule has 0 saturated heterocycles. The van der Waals surface area contributed by atoms with E-state index in [0.29, 0.717) is 22.7 Å². The molecule has 0 bridgehead atoms. The Hall–Kier alpha value is -4.41. The molecular formula is C24H20F2N8O. The molecule has 35 heavy (non-hydrogen) atoms. The number of alkyl halides is 2. The summed E-state index contributed by atoms with van der Waals surface area (Å²) in [6.45, 7) is 0.223. The van der Waals surface area contributed by atoms with Gasteiger partial charge in [-0.25, -0.2) is 18.3 Å². The number of hydrogen-bond donors (Lipinski definition) is 3. The summed E-state index contributed by atoms with van der Waals surface area (Å²) in [6.07, 6.45) is 9.82. The van der Waals surface area contributed by atoms with Gasteiger partial charge in [-0.3, -0.25) is 9.78 Å². The number of H-pyrrole nitrogens is 1. The summed E-state index contributed by atoms with van der Waals surface area (Å²) in [5, 5.41) is 11.0. The van der Waals surface area contributed by atoms with Gasteiger partial charge in [-0.05, 0) is 35.7 Å². The van der Waals surface area contributed by atoms with E-state index in [4.69, 9.17) is 0 Å². The molecule has 1 amide bonds. The van der Waals surface area contributed by atoms with Crippen molar-refractivity contribution in [3.8, 4) is 11.1 Å². The number of rotatable bonds is 6. The Labute approximate surface area is 197 Å². The smallest absolute Gasteiger partial charge is 0.255 e. The molecule has 176 valence electrons. The van der Waals surface area contributed by atoms with E-state index in [0.717, 1.165) is 22.2 Å². The molecule has 6 rings (SSSR count). The van der Waals surface area contributed by atoms with Gasteiger partial charge in [0.2, 0.25) is 11.9 Å². The number of anilines is 2. The average Bonchev–Trinajstić information content (AvgIpc) is 3.45. The lowest BCUT2D eigenvalue weighted by atomic mass is 9.81. The number of aromatic amines is 1. The van der Waals surface area contributed by atoms with Crippen LogP contribution in [0.4, 0.5) is 20.4 Å².